The van der Waals surface area contributed by atoms with Crippen molar-refractivity contribution < 1.29 is 14.1 Å². The van der Waals surface area contributed by atoms with Crippen LogP contribution in [-0.2, 0) is 4.18 Å². The fourth-order valence-corrected chi connectivity index (χ4v) is 1.94. The topological polar surface area (TPSA) is 70.6 Å². The fourth-order valence-electron chi connectivity index (χ4n) is 1.18. The van der Waals surface area contributed by atoms with Crippen molar-refractivity contribution >= 4 is 23.8 Å². The Morgan fingerprint density at radius 2 is 1.81 bits per heavy atom. The van der Waals surface area contributed by atoms with Gasteiger partial charge in [-0.2, -0.15) is 0 Å². The van der Waals surface area contributed by atoms with Gasteiger partial charge in [-0.15, -0.1) is 0 Å². The molecular formula is C15H24N2O3S. The van der Waals surface area contributed by atoms with Gasteiger partial charge in [0, 0.05) is 29.2 Å². The lowest BCUT2D eigenvalue weighted by Crippen LogP contribution is -2.45. The minimum Gasteiger partial charge on any atom is -0.387 e. The summed E-state index contributed by atoms with van der Waals surface area (Å²) in [6.07, 6.45) is 0. The lowest BCUT2D eigenvalue weighted by molar-refractivity contribution is -0.0813. The molecule has 0 atom stereocenters. The van der Waals surface area contributed by atoms with E-state index in [0.29, 0.717) is 12.2 Å². The molecule has 1 aromatic carbocycles. The zero-order valence-corrected chi connectivity index (χ0v) is 14.0. The zero-order chi connectivity index (χ0) is 16.1. The Morgan fingerprint density at radius 1 is 1.24 bits per heavy atom. The largest absolute Gasteiger partial charge is 0.387 e. The minimum absolute atomic E-state index is 0.225. The van der Waals surface area contributed by atoms with Crippen molar-refractivity contribution in [2.45, 2.75) is 50.7 Å². The standard InChI is InChI=1S/C15H24N2O3S/c1-6-16-13(18)17-11-7-9-12(10-8-11)21-20-15(4,5)14(2,3)19/h7-10,19H,6H2,1-5H3,(H2,16,17,18). The Morgan fingerprint density at radius 3 is 2.29 bits per heavy atom. The third-order valence-electron chi connectivity index (χ3n) is 3.27. The Bertz CT molecular complexity index is 467. The lowest BCUT2D eigenvalue weighted by Gasteiger charge is -2.35. The summed E-state index contributed by atoms with van der Waals surface area (Å²) in [5.74, 6) is 0. The lowest BCUT2D eigenvalue weighted by atomic mass is 9.90. The highest BCUT2D eigenvalue weighted by Gasteiger charge is 2.36. The van der Waals surface area contributed by atoms with Gasteiger partial charge in [0.25, 0.3) is 0 Å². The predicted octanol–water partition coefficient (Wildman–Crippen LogP) is 3.40. The smallest absolute Gasteiger partial charge is 0.319 e. The molecule has 2 amide bonds. The van der Waals surface area contributed by atoms with Crippen molar-refractivity contribution in [2.24, 2.45) is 0 Å². The Balaban J connectivity index is 2.57. The molecule has 6 heteroatoms. The molecule has 3 N–H and O–H groups in total. The van der Waals surface area contributed by atoms with Crippen LogP contribution in [0.25, 0.3) is 0 Å². The van der Waals surface area contributed by atoms with Crippen molar-refractivity contribution in [3.8, 4) is 0 Å². The molecule has 118 valence electrons. The number of carbonyl (C=O) groups excluding carboxylic acids is 1. The number of urea groups is 1. The van der Waals surface area contributed by atoms with Gasteiger partial charge in [-0.3, -0.25) is 0 Å². The molecule has 0 unspecified atom stereocenters. The average Bonchev–Trinajstić information content (AvgIpc) is 2.37. The van der Waals surface area contributed by atoms with Crippen LogP contribution in [-0.4, -0.2) is 28.9 Å². The van der Waals surface area contributed by atoms with Gasteiger partial charge in [0.05, 0.1) is 5.60 Å². The zero-order valence-electron chi connectivity index (χ0n) is 13.2. The van der Waals surface area contributed by atoms with Crippen LogP contribution in [0.2, 0.25) is 0 Å². The van der Waals surface area contributed by atoms with Gasteiger partial charge in [-0.25, -0.2) is 4.79 Å². The first kappa shape index (κ1) is 17.8. The Hall–Kier alpha value is -1.24. The summed E-state index contributed by atoms with van der Waals surface area (Å²) >= 11 is 1.20. The predicted molar refractivity (Wildman–Crippen MR) is 86.5 cm³/mol. The molecule has 0 spiro atoms. The number of rotatable bonds is 6. The number of benzene rings is 1. The number of amides is 2. The summed E-state index contributed by atoms with van der Waals surface area (Å²) in [6.45, 7) is 9.55. The molecule has 0 saturated heterocycles. The molecule has 0 heterocycles. The molecule has 0 aromatic heterocycles. The van der Waals surface area contributed by atoms with Gasteiger partial charge < -0.3 is 19.9 Å². The number of nitrogens with one attached hydrogen (secondary N) is 2. The monoisotopic (exact) mass is 312 g/mol. The normalized spacial score (nSPS) is 12.1. The van der Waals surface area contributed by atoms with E-state index in [9.17, 15) is 9.90 Å². The molecule has 0 bridgehead atoms. The number of hydrogen-bond acceptors (Lipinski definition) is 4. The molecule has 0 radical (unpaired) electrons. The average molecular weight is 312 g/mol. The number of hydrogen-bond donors (Lipinski definition) is 3. The summed E-state index contributed by atoms with van der Waals surface area (Å²) in [5.41, 5.74) is -0.915. The Kier molecular flexibility index (Phi) is 6.07. The second-order valence-corrected chi connectivity index (χ2v) is 6.55. The van der Waals surface area contributed by atoms with Gasteiger partial charge in [0.1, 0.15) is 5.60 Å². The highest BCUT2D eigenvalue weighted by Crippen LogP contribution is 2.33. The summed E-state index contributed by atoms with van der Waals surface area (Å²) in [6, 6.07) is 7.09. The third kappa shape index (κ3) is 5.57. The van der Waals surface area contributed by atoms with Crippen LogP contribution in [0.5, 0.6) is 0 Å². The molecule has 0 fully saturated rings. The van der Waals surface area contributed by atoms with Crippen molar-refractivity contribution in [1.29, 1.82) is 0 Å². The summed E-state index contributed by atoms with van der Waals surface area (Å²) in [5, 5.41) is 15.4. The van der Waals surface area contributed by atoms with E-state index in [2.05, 4.69) is 10.6 Å². The molecule has 21 heavy (non-hydrogen) atoms. The van der Waals surface area contributed by atoms with Crippen LogP contribution in [0.1, 0.15) is 34.6 Å². The van der Waals surface area contributed by atoms with E-state index in [1.165, 1.54) is 12.0 Å². The SMILES string of the molecule is CCNC(=O)Nc1ccc(SOC(C)(C)C(C)(C)O)cc1. The molecular weight excluding hydrogens is 288 g/mol. The van der Waals surface area contributed by atoms with E-state index < -0.39 is 11.2 Å². The summed E-state index contributed by atoms with van der Waals surface area (Å²) in [4.78, 5) is 12.3. The molecule has 0 aliphatic heterocycles. The van der Waals surface area contributed by atoms with Crippen molar-refractivity contribution in [1.82, 2.24) is 5.32 Å². The van der Waals surface area contributed by atoms with Gasteiger partial charge >= 0.3 is 6.03 Å². The van der Waals surface area contributed by atoms with Crippen molar-refractivity contribution in [3.63, 3.8) is 0 Å². The van der Waals surface area contributed by atoms with Crippen LogP contribution in [0.3, 0.4) is 0 Å². The van der Waals surface area contributed by atoms with Crippen LogP contribution >= 0.6 is 12.0 Å². The second-order valence-electron chi connectivity index (χ2n) is 5.74. The fraction of sp³-hybridized carbons (Fsp3) is 0.533. The van der Waals surface area contributed by atoms with Crippen LogP contribution in [0.4, 0.5) is 10.5 Å². The highest BCUT2D eigenvalue weighted by molar-refractivity contribution is 7.94. The first-order chi connectivity index (χ1) is 9.65. The quantitative estimate of drug-likeness (QED) is 0.704. The maximum Gasteiger partial charge on any atom is 0.319 e. The van der Waals surface area contributed by atoms with Gasteiger partial charge in [-0.1, -0.05) is 0 Å². The molecule has 0 aliphatic rings. The van der Waals surface area contributed by atoms with E-state index in [0.717, 1.165) is 4.90 Å². The van der Waals surface area contributed by atoms with Crippen molar-refractivity contribution in [2.75, 3.05) is 11.9 Å². The second kappa shape index (κ2) is 7.15. The molecule has 0 aliphatic carbocycles. The van der Waals surface area contributed by atoms with E-state index in [1.54, 1.807) is 26.0 Å². The van der Waals surface area contributed by atoms with Crippen molar-refractivity contribution in [3.05, 3.63) is 24.3 Å². The van der Waals surface area contributed by atoms with Gasteiger partial charge in [-0.05, 0) is 58.9 Å². The van der Waals surface area contributed by atoms with Crippen LogP contribution in [0, 0.1) is 0 Å². The van der Waals surface area contributed by atoms with E-state index in [-0.39, 0.29) is 6.03 Å². The Labute approximate surface area is 130 Å². The number of anilines is 1. The number of aliphatic hydroxyl groups is 1. The number of carbonyl (C=O) groups is 1. The minimum atomic E-state index is -0.945. The molecule has 5 nitrogen and oxygen atoms in total. The van der Waals surface area contributed by atoms with Crippen LogP contribution < -0.4 is 10.6 Å². The first-order valence-corrected chi connectivity index (χ1v) is 7.63. The maximum absolute atomic E-state index is 11.4. The molecule has 1 rings (SSSR count). The maximum atomic E-state index is 11.4. The van der Waals surface area contributed by atoms with Gasteiger partial charge in [0.15, 0.2) is 0 Å². The van der Waals surface area contributed by atoms with E-state index in [4.69, 9.17) is 4.18 Å². The third-order valence-corrected chi connectivity index (χ3v) is 4.23. The molecule has 0 saturated carbocycles. The van der Waals surface area contributed by atoms with Gasteiger partial charge in [0.2, 0.25) is 0 Å². The van der Waals surface area contributed by atoms with Crippen LogP contribution in [0.15, 0.2) is 29.2 Å². The highest BCUT2D eigenvalue weighted by atomic mass is 32.2. The molecule has 1 aromatic rings. The van der Waals surface area contributed by atoms with E-state index >= 15 is 0 Å². The first-order valence-electron chi connectivity index (χ1n) is 6.88. The summed E-state index contributed by atoms with van der Waals surface area (Å²) < 4.78 is 5.71. The summed E-state index contributed by atoms with van der Waals surface area (Å²) in [7, 11) is 0. The van der Waals surface area contributed by atoms with E-state index in [1.807, 2.05) is 32.9 Å².